The molecule has 15 heavy (non-hydrogen) atoms. The third kappa shape index (κ3) is 3.83. The van der Waals surface area contributed by atoms with Crippen LogP contribution in [-0.4, -0.2) is 28.8 Å². The van der Waals surface area contributed by atoms with Crippen molar-refractivity contribution in [2.75, 3.05) is 18.5 Å². The van der Waals surface area contributed by atoms with Crippen LogP contribution >= 0.6 is 11.5 Å². The number of rotatable bonds is 6. The van der Waals surface area contributed by atoms with Crippen molar-refractivity contribution >= 4 is 22.5 Å². The van der Waals surface area contributed by atoms with Gasteiger partial charge in [0.1, 0.15) is 5.82 Å². The van der Waals surface area contributed by atoms with E-state index in [-0.39, 0.29) is 5.84 Å². The minimum absolute atomic E-state index is 0.208. The van der Waals surface area contributed by atoms with E-state index in [1.54, 1.807) is 0 Å². The maximum atomic E-state index is 7.14. The van der Waals surface area contributed by atoms with Crippen LogP contribution in [0.25, 0.3) is 0 Å². The highest BCUT2D eigenvalue weighted by molar-refractivity contribution is 7.09. The molecule has 0 saturated heterocycles. The zero-order valence-corrected chi connectivity index (χ0v) is 9.97. The van der Waals surface area contributed by atoms with Crippen molar-refractivity contribution in [3.63, 3.8) is 0 Å². The van der Waals surface area contributed by atoms with Crippen LogP contribution in [0, 0.1) is 5.41 Å². The summed E-state index contributed by atoms with van der Waals surface area (Å²) in [5, 5.41) is 8.04. The summed E-state index contributed by atoms with van der Waals surface area (Å²) in [6.45, 7) is 2.83. The molecule has 0 aliphatic carbocycles. The van der Waals surface area contributed by atoms with Crippen LogP contribution in [0.3, 0.4) is 0 Å². The standard InChI is InChI=1S/C9H17N5S/c1-3-4-8-12-9(15-13-8)14(2)6-5-7(10)11/h3-6H2,1-2H3,(H3,10,11). The van der Waals surface area contributed by atoms with Gasteiger partial charge in [-0.15, -0.1) is 0 Å². The molecule has 1 rings (SSSR count). The Morgan fingerprint density at radius 2 is 2.33 bits per heavy atom. The summed E-state index contributed by atoms with van der Waals surface area (Å²) in [5.41, 5.74) is 5.30. The van der Waals surface area contributed by atoms with Gasteiger partial charge in [0.2, 0.25) is 5.13 Å². The van der Waals surface area contributed by atoms with E-state index < -0.39 is 0 Å². The molecule has 0 saturated carbocycles. The summed E-state index contributed by atoms with van der Waals surface area (Å²) in [6, 6.07) is 0. The van der Waals surface area contributed by atoms with Crippen LogP contribution in [0.4, 0.5) is 5.13 Å². The number of hydrogen-bond acceptors (Lipinski definition) is 5. The summed E-state index contributed by atoms with van der Waals surface area (Å²) >= 11 is 1.40. The number of nitrogens with two attached hydrogens (primary N) is 1. The van der Waals surface area contributed by atoms with E-state index in [4.69, 9.17) is 11.1 Å². The second-order valence-corrected chi connectivity index (χ2v) is 4.17. The van der Waals surface area contributed by atoms with Gasteiger partial charge in [-0.3, -0.25) is 5.41 Å². The van der Waals surface area contributed by atoms with E-state index in [9.17, 15) is 0 Å². The lowest BCUT2D eigenvalue weighted by atomic mass is 10.3. The largest absolute Gasteiger partial charge is 0.388 e. The maximum Gasteiger partial charge on any atom is 0.204 e. The molecule has 0 fully saturated rings. The molecule has 0 amide bonds. The van der Waals surface area contributed by atoms with Crippen LogP contribution in [0.2, 0.25) is 0 Å². The molecule has 0 aliphatic heterocycles. The fourth-order valence-electron chi connectivity index (χ4n) is 1.11. The molecular weight excluding hydrogens is 210 g/mol. The van der Waals surface area contributed by atoms with E-state index in [2.05, 4.69) is 16.3 Å². The van der Waals surface area contributed by atoms with Gasteiger partial charge >= 0.3 is 0 Å². The number of aromatic nitrogens is 2. The Kier molecular flexibility index (Phi) is 4.48. The minimum atomic E-state index is 0.208. The van der Waals surface area contributed by atoms with E-state index in [0.717, 1.165) is 30.3 Å². The Labute approximate surface area is 94.0 Å². The average molecular weight is 227 g/mol. The number of nitrogens with zero attached hydrogens (tertiary/aromatic N) is 3. The first kappa shape index (κ1) is 11.9. The summed E-state index contributed by atoms with van der Waals surface area (Å²) in [7, 11) is 1.94. The number of hydrogen-bond donors (Lipinski definition) is 2. The molecular formula is C9H17N5S. The first-order valence-corrected chi connectivity index (χ1v) is 5.77. The normalized spacial score (nSPS) is 10.3. The first-order valence-electron chi connectivity index (χ1n) is 5.00. The third-order valence-corrected chi connectivity index (χ3v) is 2.84. The highest BCUT2D eigenvalue weighted by Gasteiger charge is 2.07. The molecule has 0 atom stereocenters. The first-order chi connectivity index (χ1) is 7.13. The molecule has 0 bridgehead atoms. The molecule has 84 valence electrons. The number of aryl methyl sites for hydroxylation is 1. The van der Waals surface area contributed by atoms with Gasteiger partial charge in [0, 0.05) is 38.0 Å². The Morgan fingerprint density at radius 3 is 2.93 bits per heavy atom. The van der Waals surface area contributed by atoms with E-state index >= 15 is 0 Å². The van der Waals surface area contributed by atoms with Crippen molar-refractivity contribution in [2.24, 2.45) is 5.73 Å². The summed E-state index contributed by atoms with van der Waals surface area (Å²) in [6.07, 6.45) is 2.56. The van der Waals surface area contributed by atoms with Crippen LogP contribution in [0.1, 0.15) is 25.6 Å². The molecule has 1 aromatic heterocycles. The highest BCUT2D eigenvalue weighted by Crippen LogP contribution is 2.16. The highest BCUT2D eigenvalue weighted by atomic mass is 32.1. The van der Waals surface area contributed by atoms with Gasteiger partial charge in [0.05, 0.1) is 5.84 Å². The lowest BCUT2D eigenvalue weighted by Gasteiger charge is -2.13. The lowest BCUT2D eigenvalue weighted by Crippen LogP contribution is -2.23. The predicted molar refractivity (Wildman–Crippen MR) is 63.7 cm³/mol. The third-order valence-electron chi connectivity index (χ3n) is 1.97. The average Bonchev–Trinajstić information content (AvgIpc) is 2.63. The van der Waals surface area contributed by atoms with Gasteiger partial charge in [0.25, 0.3) is 0 Å². The van der Waals surface area contributed by atoms with E-state index in [0.29, 0.717) is 6.42 Å². The quantitative estimate of drug-likeness (QED) is 0.566. The zero-order chi connectivity index (χ0) is 11.3. The van der Waals surface area contributed by atoms with Crippen molar-refractivity contribution in [3.8, 4) is 0 Å². The zero-order valence-electron chi connectivity index (χ0n) is 9.16. The van der Waals surface area contributed by atoms with Crippen molar-refractivity contribution in [1.82, 2.24) is 9.36 Å². The van der Waals surface area contributed by atoms with Gasteiger partial charge in [-0.05, 0) is 6.42 Å². The molecule has 0 aromatic carbocycles. The molecule has 5 nitrogen and oxygen atoms in total. The fraction of sp³-hybridized carbons (Fsp3) is 0.667. The van der Waals surface area contributed by atoms with Crippen molar-refractivity contribution < 1.29 is 0 Å². The van der Waals surface area contributed by atoms with Crippen molar-refractivity contribution in [3.05, 3.63) is 5.82 Å². The van der Waals surface area contributed by atoms with Crippen LogP contribution in [-0.2, 0) is 6.42 Å². The second kappa shape index (κ2) is 5.65. The van der Waals surface area contributed by atoms with Gasteiger partial charge in [-0.25, -0.2) is 4.98 Å². The molecule has 0 unspecified atom stereocenters. The van der Waals surface area contributed by atoms with Gasteiger partial charge < -0.3 is 10.6 Å². The van der Waals surface area contributed by atoms with E-state index in [1.807, 2.05) is 11.9 Å². The Morgan fingerprint density at radius 1 is 1.60 bits per heavy atom. The minimum Gasteiger partial charge on any atom is -0.388 e. The molecule has 0 spiro atoms. The molecule has 3 N–H and O–H groups in total. The Bertz CT molecular complexity index is 322. The van der Waals surface area contributed by atoms with Crippen LogP contribution < -0.4 is 10.6 Å². The van der Waals surface area contributed by atoms with E-state index in [1.165, 1.54) is 11.5 Å². The van der Waals surface area contributed by atoms with Crippen LogP contribution in [0.15, 0.2) is 0 Å². The molecule has 0 aliphatic rings. The maximum absolute atomic E-state index is 7.14. The van der Waals surface area contributed by atoms with Gasteiger partial charge in [0.15, 0.2) is 0 Å². The second-order valence-electron chi connectivity index (χ2n) is 3.44. The predicted octanol–water partition coefficient (Wildman–Crippen LogP) is 1.25. The van der Waals surface area contributed by atoms with Crippen LogP contribution in [0.5, 0.6) is 0 Å². The number of nitrogens with one attached hydrogen (secondary N) is 1. The van der Waals surface area contributed by atoms with Gasteiger partial charge in [-0.1, -0.05) is 6.92 Å². The summed E-state index contributed by atoms with van der Waals surface area (Å²) in [5.74, 6) is 1.12. The van der Waals surface area contributed by atoms with Crippen molar-refractivity contribution in [2.45, 2.75) is 26.2 Å². The monoisotopic (exact) mass is 227 g/mol. The Balaban J connectivity index is 2.50. The molecule has 1 aromatic rings. The van der Waals surface area contributed by atoms with Crippen molar-refractivity contribution in [1.29, 1.82) is 5.41 Å². The summed E-state index contributed by atoms with van der Waals surface area (Å²) in [4.78, 5) is 6.38. The summed E-state index contributed by atoms with van der Waals surface area (Å²) < 4.78 is 4.26. The number of anilines is 1. The molecule has 1 heterocycles. The SMILES string of the molecule is CCCc1nsc(N(C)CCC(=N)N)n1. The number of amidine groups is 1. The molecule has 0 radical (unpaired) electrons. The fourth-order valence-corrected chi connectivity index (χ4v) is 1.80. The Hall–Kier alpha value is -1.17. The molecule has 6 heteroatoms. The van der Waals surface area contributed by atoms with Gasteiger partial charge in [-0.2, -0.15) is 4.37 Å². The smallest absolute Gasteiger partial charge is 0.204 e. The topological polar surface area (TPSA) is 78.9 Å². The lowest BCUT2D eigenvalue weighted by molar-refractivity contribution is 0.846.